The Labute approximate surface area is 225 Å². The first-order valence-electron chi connectivity index (χ1n) is 13.0. The van der Waals surface area contributed by atoms with Crippen LogP contribution in [0.25, 0.3) is 22.6 Å². The van der Waals surface area contributed by atoms with E-state index in [1.54, 1.807) is 31.3 Å². The van der Waals surface area contributed by atoms with Gasteiger partial charge in [0.05, 0.1) is 35.7 Å². The van der Waals surface area contributed by atoms with Gasteiger partial charge in [-0.15, -0.1) is 0 Å². The first kappa shape index (κ1) is 25.1. The van der Waals surface area contributed by atoms with Gasteiger partial charge in [-0.25, -0.2) is 19.3 Å². The molecule has 0 atom stereocenters. The van der Waals surface area contributed by atoms with Crippen molar-refractivity contribution in [3.8, 4) is 22.6 Å². The van der Waals surface area contributed by atoms with Crippen LogP contribution in [-0.4, -0.2) is 45.6 Å². The first-order valence-corrected chi connectivity index (χ1v) is 13.0. The fourth-order valence-corrected chi connectivity index (χ4v) is 4.35. The number of aromatic amines is 1. The molecule has 0 bridgehead atoms. The number of aromatic nitrogens is 4. The zero-order valence-corrected chi connectivity index (χ0v) is 21.5. The molecule has 4 aromatic rings. The maximum absolute atomic E-state index is 13.7. The number of para-hydroxylation sites is 1. The maximum Gasteiger partial charge on any atom is 0.234 e. The first-order chi connectivity index (χ1) is 19.0. The molecule has 1 aliphatic carbocycles. The van der Waals surface area contributed by atoms with Gasteiger partial charge in [-0.3, -0.25) is 4.79 Å². The van der Waals surface area contributed by atoms with Crippen LogP contribution in [0.3, 0.4) is 0 Å². The van der Waals surface area contributed by atoms with Gasteiger partial charge in [0.25, 0.3) is 0 Å². The van der Waals surface area contributed by atoms with Crippen LogP contribution in [0.5, 0.6) is 0 Å². The molecule has 3 heterocycles. The zero-order chi connectivity index (χ0) is 26.8. The molecule has 2 aromatic carbocycles. The molecule has 2 aromatic heterocycles. The van der Waals surface area contributed by atoms with Gasteiger partial charge < -0.3 is 25.1 Å². The van der Waals surface area contributed by atoms with Crippen LogP contribution in [0.4, 0.5) is 16.0 Å². The second-order valence-corrected chi connectivity index (χ2v) is 10.3. The van der Waals surface area contributed by atoms with Gasteiger partial charge in [0.1, 0.15) is 5.82 Å². The van der Waals surface area contributed by atoms with Gasteiger partial charge in [-0.1, -0.05) is 18.2 Å². The summed E-state index contributed by atoms with van der Waals surface area (Å²) in [6, 6.07) is 17.2. The zero-order valence-electron chi connectivity index (χ0n) is 21.5. The van der Waals surface area contributed by atoms with Crippen LogP contribution >= 0.6 is 0 Å². The highest BCUT2D eigenvalue weighted by Gasteiger charge is 2.41. The van der Waals surface area contributed by atoms with Crippen molar-refractivity contribution in [2.24, 2.45) is 11.3 Å². The second-order valence-electron chi connectivity index (χ2n) is 10.3. The molecule has 6 rings (SSSR count). The molecule has 9 nitrogen and oxygen atoms in total. The second kappa shape index (κ2) is 10.5. The van der Waals surface area contributed by atoms with Gasteiger partial charge in [0.2, 0.25) is 18.1 Å². The molecule has 10 heteroatoms. The predicted octanol–water partition coefficient (Wildman–Crippen LogP) is 5.19. The number of nitrogens with one attached hydrogen (secondary N) is 3. The summed E-state index contributed by atoms with van der Waals surface area (Å²) in [4.78, 5) is 30.1. The molecule has 2 fully saturated rings. The van der Waals surface area contributed by atoms with Gasteiger partial charge in [0.15, 0.2) is 5.82 Å². The van der Waals surface area contributed by atoms with Crippen molar-refractivity contribution in [3.05, 3.63) is 78.5 Å². The third kappa shape index (κ3) is 5.67. The smallest absolute Gasteiger partial charge is 0.234 e. The lowest BCUT2D eigenvalue weighted by Crippen LogP contribution is -2.45. The van der Waals surface area contributed by atoms with Crippen LogP contribution < -0.4 is 10.6 Å². The monoisotopic (exact) mass is 528 g/mol. The van der Waals surface area contributed by atoms with E-state index in [0.717, 1.165) is 6.54 Å². The van der Waals surface area contributed by atoms with Crippen LogP contribution in [0.15, 0.2) is 66.9 Å². The minimum Gasteiger partial charge on any atom is -0.354 e. The number of ether oxygens (including phenoxy) is 2. The molecule has 2 aliphatic rings. The molecule has 1 amide bonds. The van der Waals surface area contributed by atoms with Gasteiger partial charge >= 0.3 is 0 Å². The number of H-pyrrole nitrogens is 1. The van der Waals surface area contributed by atoms with E-state index in [-0.39, 0.29) is 24.9 Å². The number of rotatable bonds is 8. The van der Waals surface area contributed by atoms with E-state index in [1.807, 2.05) is 30.3 Å². The Morgan fingerprint density at radius 2 is 1.79 bits per heavy atom. The molecular formula is C29H29FN6O3. The fraction of sp³-hybridized carbons (Fsp3) is 0.310. The lowest BCUT2D eigenvalue weighted by atomic mass is 9.91. The topological polar surface area (TPSA) is 114 Å². The molecule has 0 unspecified atom stereocenters. The third-order valence-electron chi connectivity index (χ3n) is 6.91. The van der Waals surface area contributed by atoms with Crippen molar-refractivity contribution < 1.29 is 18.7 Å². The van der Waals surface area contributed by atoms with Crippen LogP contribution in [0.1, 0.15) is 31.9 Å². The van der Waals surface area contributed by atoms with Crippen molar-refractivity contribution in [3.63, 3.8) is 0 Å². The number of nitrogens with zero attached hydrogens (tertiary/aromatic N) is 3. The van der Waals surface area contributed by atoms with Crippen LogP contribution in [0.2, 0.25) is 0 Å². The van der Waals surface area contributed by atoms with Crippen molar-refractivity contribution >= 4 is 17.5 Å². The summed E-state index contributed by atoms with van der Waals surface area (Å²) in [6.07, 6.45) is 3.32. The van der Waals surface area contributed by atoms with Crippen molar-refractivity contribution in [2.45, 2.75) is 26.1 Å². The molecule has 200 valence electrons. The Bertz CT molecular complexity index is 1450. The molecule has 1 saturated heterocycles. The Kier molecular flexibility index (Phi) is 6.80. The van der Waals surface area contributed by atoms with Crippen molar-refractivity contribution in [2.75, 3.05) is 30.4 Å². The number of halogens is 1. The molecule has 39 heavy (non-hydrogen) atoms. The Balaban J connectivity index is 1.24. The Hall–Kier alpha value is -4.15. The summed E-state index contributed by atoms with van der Waals surface area (Å²) in [5.74, 6) is 1.11. The number of amides is 1. The van der Waals surface area contributed by atoms with E-state index < -0.39 is 11.7 Å². The van der Waals surface area contributed by atoms with E-state index in [0.29, 0.717) is 46.0 Å². The number of carbonyl (C=O) groups is 1. The van der Waals surface area contributed by atoms with Gasteiger partial charge in [-0.05, 0) is 68.1 Å². The van der Waals surface area contributed by atoms with Gasteiger partial charge in [0, 0.05) is 24.0 Å². The molecule has 1 aliphatic heterocycles. The Morgan fingerprint density at radius 1 is 1.05 bits per heavy atom. The normalized spacial score (nSPS) is 20.9. The predicted molar refractivity (Wildman–Crippen MR) is 144 cm³/mol. The number of carbonyl (C=O) groups excluding carboxylic acids is 1. The van der Waals surface area contributed by atoms with Crippen LogP contribution in [0, 0.1) is 17.2 Å². The number of anilines is 2. The summed E-state index contributed by atoms with van der Waals surface area (Å²) >= 11 is 0. The summed E-state index contributed by atoms with van der Waals surface area (Å²) in [5.41, 5.74) is 2.39. The standard InChI is InChI=1S/C29H29FN6O3/c1-29(27(37)33-21-5-3-2-4-6-21)16-38-26(39-17-29)25-35-23(19-9-11-20(30)12-10-19)24(36-25)22-13-14-31-28(34-22)32-15-18-7-8-18/h2-6,9-14,18,26H,7-8,15-17H2,1H3,(H,33,37)(H,35,36)(H,31,32,34). The highest BCUT2D eigenvalue weighted by Crippen LogP contribution is 2.36. The quantitative estimate of drug-likeness (QED) is 0.289. The lowest BCUT2D eigenvalue weighted by molar-refractivity contribution is -0.229. The number of hydrogen-bond acceptors (Lipinski definition) is 7. The number of benzene rings is 2. The SMILES string of the molecule is CC1(C(=O)Nc2ccccc2)COC(c2nc(-c3ccc(F)cc3)c(-c3ccnc(NCC4CC4)n3)[nH]2)OC1. The largest absolute Gasteiger partial charge is 0.354 e. The maximum atomic E-state index is 13.7. The summed E-state index contributed by atoms with van der Waals surface area (Å²) in [5, 5.41) is 6.22. The van der Waals surface area contributed by atoms with Crippen molar-refractivity contribution in [1.82, 2.24) is 19.9 Å². The average Bonchev–Trinajstić information content (AvgIpc) is 3.69. The van der Waals surface area contributed by atoms with E-state index in [4.69, 9.17) is 14.5 Å². The third-order valence-corrected chi connectivity index (χ3v) is 6.91. The molecule has 3 N–H and O–H groups in total. The minimum absolute atomic E-state index is 0.140. The lowest BCUT2D eigenvalue weighted by Gasteiger charge is -2.35. The average molecular weight is 529 g/mol. The summed E-state index contributed by atoms with van der Waals surface area (Å²) in [7, 11) is 0. The minimum atomic E-state index is -0.879. The van der Waals surface area contributed by atoms with E-state index >= 15 is 0 Å². The summed E-state index contributed by atoms with van der Waals surface area (Å²) in [6.45, 7) is 2.92. The van der Waals surface area contributed by atoms with Gasteiger partial charge in [-0.2, -0.15) is 0 Å². The molecule has 0 spiro atoms. The number of imidazole rings is 1. The van der Waals surface area contributed by atoms with Crippen molar-refractivity contribution in [1.29, 1.82) is 0 Å². The molecule has 1 saturated carbocycles. The Morgan fingerprint density at radius 3 is 2.51 bits per heavy atom. The highest BCUT2D eigenvalue weighted by atomic mass is 19.1. The molecule has 0 radical (unpaired) electrons. The van der Waals surface area contributed by atoms with E-state index in [9.17, 15) is 9.18 Å². The highest BCUT2D eigenvalue weighted by molar-refractivity contribution is 5.95. The van der Waals surface area contributed by atoms with E-state index in [1.165, 1.54) is 25.0 Å². The number of hydrogen-bond donors (Lipinski definition) is 3. The fourth-order valence-electron chi connectivity index (χ4n) is 4.35. The van der Waals surface area contributed by atoms with Crippen LogP contribution in [-0.2, 0) is 14.3 Å². The van der Waals surface area contributed by atoms with E-state index in [2.05, 4.69) is 25.6 Å². The summed E-state index contributed by atoms with van der Waals surface area (Å²) < 4.78 is 25.7. The molecular weight excluding hydrogens is 499 g/mol.